The summed E-state index contributed by atoms with van der Waals surface area (Å²) in [6.45, 7) is 6.91. The third-order valence-electron chi connectivity index (χ3n) is 4.04. The highest BCUT2D eigenvalue weighted by molar-refractivity contribution is 5.94. The molecule has 1 N–H and O–H groups in total. The lowest BCUT2D eigenvalue weighted by Crippen LogP contribution is -2.23. The second-order valence-electron chi connectivity index (χ2n) is 7.00. The highest BCUT2D eigenvalue weighted by atomic mass is 16.1. The Kier molecular flexibility index (Phi) is 4.65. The number of nitrogens with zero attached hydrogens (tertiary/aromatic N) is 3. The Morgan fingerprint density at radius 2 is 1.88 bits per heavy atom. The number of aromatic nitrogens is 3. The fraction of sp³-hybridized carbons (Fsp3) is 0.250. The van der Waals surface area contributed by atoms with Gasteiger partial charge in [0.1, 0.15) is 12.1 Å². The van der Waals surface area contributed by atoms with Gasteiger partial charge in [0.25, 0.3) is 5.91 Å². The van der Waals surface area contributed by atoms with Crippen LogP contribution in [-0.4, -0.2) is 20.4 Å². The van der Waals surface area contributed by atoms with Crippen LogP contribution in [0.4, 0.5) is 0 Å². The van der Waals surface area contributed by atoms with Crippen LogP contribution < -0.4 is 5.32 Å². The number of hydrogen-bond acceptors (Lipinski definition) is 3. The predicted molar refractivity (Wildman–Crippen MR) is 97.7 cm³/mol. The molecule has 1 amide bonds. The monoisotopic (exact) mass is 334 g/mol. The van der Waals surface area contributed by atoms with E-state index in [1.165, 1.54) is 5.56 Å². The number of hydrogen-bond donors (Lipinski definition) is 1. The van der Waals surface area contributed by atoms with Crippen molar-refractivity contribution < 1.29 is 4.79 Å². The second kappa shape index (κ2) is 6.89. The van der Waals surface area contributed by atoms with Crippen molar-refractivity contribution in [3.8, 4) is 5.82 Å². The number of carbonyl (C=O) groups is 1. The van der Waals surface area contributed by atoms with Crippen LogP contribution in [-0.2, 0) is 12.0 Å². The van der Waals surface area contributed by atoms with E-state index in [4.69, 9.17) is 0 Å². The van der Waals surface area contributed by atoms with E-state index in [9.17, 15) is 4.79 Å². The van der Waals surface area contributed by atoms with E-state index >= 15 is 0 Å². The number of amides is 1. The Hall–Kier alpha value is -2.95. The summed E-state index contributed by atoms with van der Waals surface area (Å²) in [5, 5.41) is 2.93. The molecule has 25 heavy (non-hydrogen) atoms. The Balaban J connectivity index is 1.60. The molecule has 3 aromatic rings. The highest BCUT2D eigenvalue weighted by Crippen LogP contribution is 2.22. The summed E-state index contributed by atoms with van der Waals surface area (Å²) in [5.74, 6) is 0.712. The fourth-order valence-corrected chi connectivity index (χ4v) is 2.47. The first-order valence-corrected chi connectivity index (χ1v) is 8.25. The molecule has 0 unspecified atom stereocenters. The zero-order chi connectivity index (χ0) is 17.9. The lowest BCUT2D eigenvalue weighted by atomic mass is 9.87. The Labute approximate surface area is 147 Å². The normalized spacial score (nSPS) is 11.3. The quantitative estimate of drug-likeness (QED) is 0.794. The van der Waals surface area contributed by atoms with Gasteiger partial charge >= 0.3 is 0 Å². The molecule has 0 aliphatic heterocycles. The van der Waals surface area contributed by atoms with Gasteiger partial charge in [-0.05, 0) is 34.7 Å². The first-order chi connectivity index (χ1) is 11.9. The van der Waals surface area contributed by atoms with Gasteiger partial charge < -0.3 is 5.32 Å². The molecular formula is C20H22N4O. The standard InChI is InChI=1S/C20H22N4O/c1-20(2,3)17-7-5-16(6-8-17)19(25)23-13-15-4-9-18(22-12-15)24-11-10-21-14-24/h4-12,14H,13H2,1-3H3,(H,23,25). The smallest absolute Gasteiger partial charge is 0.251 e. The van der Waals surface area contributed by atoms with Crippen molar-refractivity contribution in [1.29, 1.82) is 0 Å². The molecule has 0 aliphatic rings. The van der Waals surface area contributed by atoms with Crippen LogP contribution >= 0.6 is 0 Å². The maximum Gasteiger partial charge on any atom is 0.251 e. The SMILES string of the molecule is CC(C)(C)c1ccc(C(=O)NCc2ccc(-n3ccnc3)nc2)cc1. The number of carbonyl (C=O) groups excluding carboxylic acids is 1. The summed E-state index contributed by atoms with van der Waals surface area (Å²) in [6.07, 6.45) is 7.01. The molecule has 0 fully saturated rings. The summed E-state index contributed by atoms with van der Waals surface area (Å²) in [5.41, 5.74) is 2.90. The van der Waals surface area contributed by atoms with Crippen molar-refractivity contribution in [3.05, 3.63) is 78.0 Å². The van der Waals surface area contributed by atoms with Crippen LogP contribution in [0, 0.1) is 0 Å². The minimum atomic E-state index is -0.0841. The van der Waals surface area contributed by atoms with Crippen molar-refractivity contribution >= 4 is 5.91 Å². The summed E-state index contributed by atoms with van der Waals surface area (Å²) in [7, 11) is 0. The maximum absolute atomic E-state index is 12.3. The van der Waals surface area contributed by atoms with Gasteiger partial charge in [0.15, 0.2) is 0 Å². The van der Waals surface area contributed by atoms with Gasteiger partial charge in [0.05, 0.1) is 0 Å². The highest BCUT2D eigenvalue weighted by Gasteiger charge is 2.14. The Bertz CT molecular complexity index is 829. The third kappa shape index (κ3) is 4.12. The molecule has 0 aliphatic carbocycles. The first-order valence-electron chi connectivity index (χ1n) is 8.25. The summed E-state index contributed by atoms with van der Waals surface area (Å²) in [4.78, 5) is 20.7. The van der Waals surface area contributed by atoms with Crippen LogP contribution in [0.1, 0.15) is 42.3 Å². The number of benzene rings is 1. The summed E-state index contributed by atoms with van der Waals surface area (Å²) in [6, 6.07) is 11.6. The van der Waals surface area contributed by atoms with E-state index < -0.39 is 0 Å². The predicted octanol–water partition coefficient (Wildman–Crippen LogP) is 3.49. The Morgan fingerprint density at radius 3 is 2.44 bits per heavy atom. The molecule has 2 heterocycles. The average Bonchev–Trinajstić information content (AvgIpc) is 3.14. The molecular weight excluding hydrogens is 312 g/mol. The van der Waals surface area contributed by atoms with Gasteiger partial charge in [-0.15, -0.1) is 0 Å². The van der Waals surface area contributed by atoms with Crippen molar-refractivity contribution in [2.24, 2.45) is 0 Å². The zero-order valence-electron chi connectivity index (χ0n) is 14.7. The van der Waals surface area contributed by atoms with Gasteiger partial charge in [0.2, 0.25) is 0 Å². The molecule has 1 aromatic carbocycles. The Morgan fingerprint density at radius 1 is 1.12 bits per heavy atom. The van der Waals surface area contributed by atoms with Gasteiger partial charge in [-0.3, -0.25) is 9.36 Å². The zero-order valence-corrected chi connectivity index (χ0v) is 14.7. The molecule has 5 nitrogen and oxygen atoms in total. The minimum Gasteiger partial charge on any atom is -0.348 e. The minimum absolute atomic E-state index is 0.0810. The van der Waals surface area contributed by atoms with Gasteiger partial charge in [-0.25, -0.2) is 9.97 Å². The molecule has 0 radical (unpaired) electrons. The molecule has 2 aromatic heterocycles. The fourth-order valence-electron chi connectivity index (χ4n) is 2.47. The number of rotatable bonds is 4. The van der Waals surface area contributed by atoms with Crippen molar-refractivity contribution in [2.75, 3.05) is 0 Å². The number of imidazole rings is 1. The first kappa shape index (κ1) is 16.9. The van der Waals surface area contributed by atoms with Gasteiger partial charge in [-0.2, -0.15) is 0 Å². The van der Waals surface area contributed by atoms with Gasteiger partial charge in [-0.1, -0.05) is 39.0 Å². The molecule has 0 spiro atoms. The van der Waals surface area contributed by atoms with Crippen molar-refractivity contribution in [2.45, 2.75) is 32.7 Å². The molecule has 0 bridgehead atoms. The van der Waals surface area contributed by atoms with Crippen LogP contribution in [0.3, 0.4) is 0 Å². The van der Waals surface area contributed by atoms with E-state index in [0.717, 1.165) is 11.4 Å². The number of nitrogens with one attached hydrogen (secondary N) is 1. The molecule has 0 atom stereocenters. The van der Waals surface area contributed by atoms with Crippen molar-refractivity contribution in [1.82, 2.24) is 19.9 Å². The maximum atomic E-state index is 12.3. The van der Waals surface area contributed by atoms with E-state index in [-0.39, 0.29) is 11.3 Å². The third-order valence-corrected chi connectivity index (χ3v) is 4.04. The van der Waals surface area contributed by atoms with Crippen LogP contribution in [0.5, 0.6) is 0 Å². The average molecular weight is 334 g/mol. The summed E-state index contributed by atoms with van der Waals surface area (Å²) < 4.78 is 1.83. The molecule has 128 valence electrons. The van der Waals surface area contributed by atoms with Crippen molar-refractivity contribution in [3.63, 3.8) is 0 Å². The van der Waals surface area contributed by atoms with Crippen LogP contribution in [0.2, 0.25) is 0 Å². The van der Waals surface area contributed by atoms with E-state index in [1.54, 1.807) is 18.7 Å². The molecule has 0 saturated carbocycles. The van der Waals surface area contributed by atoms with Crippen LogP contribution in [0.15, 0.2) is 61.3 Å². The molecule has 3 rings (SSSR count). The van der Waals surface area contributed by atoms with E-state index in [0.29, 0.717) is 12.1 Å². The van der Waals surface area contributed by atoms with E-state index in [1.807, 2.05) is 47.2 Å². The topological polar surface area (TPSA) is 59.8 Å². The molecule has 0 saturated heterocycles. The largest absolute Gasteiger partial charge is 0.348 e. The lowest BCUT2D eigenvalue weighted by molar-refractivity contribution is 0.0951. The van der Waals surface area contributed by atoms with Crippen LogP contribution in [0.25, 0.3) is 5.82 Å². The summed E-state index contributed by atoms with van der Waals surface area (Å²) >= 11 is 0. The lowest BCUT2D eigenvalue weighted by Gasteiger charge is -2.19. The number of pyridine rings is 1. The van der Waals surface area contributed by atoms with Gasteiger partial charge in [0, 0.05) is 30.7 Å². The second-order valence-corrected chi connectivity index (χ2v) is 7.00. The van der Waals surface area contributed by atoms with E-state index in [2.05, 4.69) is 36.1 Å². The molecule has 5 heteroatoms.